The summed E-state index contributed by atoms with van der Waals surface area (Å²) in [4.78, 5) is 11.2. The molecule has 30 heavy (non-hydrogen) atoms. The van der Waals surface area contributed by atoms with Gasteiger partial charge < -0.3 is 19.3 Å². The quantitative estimate of drug-likeness (QED) is 0.636. The molecule has 158 valence electrons. The molecule has 1 saturated heterocycles. The van der Waals surface area contributed by atoms with Crippen molar-refractivity contribution in [1.82, 2.24) is 0 Å². The molecule has 0 bridgehead atoms. The van der Waals surface area contributed by atoms with E-state index in [1.54, 1.807) is 24.3 Å². The molecule has 0 amide bonds. The number of halogens is 1. The summed E-state index contributed by atoms with van der Waals surface area (Å²) < 4.78 is 17.0. The maximum absolute atomic E-state index is 11.2. The third-order valence-electron chi connectivity index (χ3n) is 5.19. The summed E-state index contributed by atoms with van der Waals surface area (Å²) in [7, 11) is 1.51. The van der Waals surface area contributed by atoms with Crippen LogP contribution in [0.1, 0.15) is 29.5 Å². The van der Waals surface area contributed by atoms with E-state index in [4.69, 9.17) is 31.1 Å². The Kier molecular flexibility index (Phi) is 7.40. The Hall–Kier alpha value is -2.50. The normalized spacial score (nSPS) is 23.5. The van der Waals surface area contributed by atoms with Gasteiger partial charge in [0.15, 0.2) is 12.4 Å². The molecule has 0 aromatic heterocycles. The molecule has 1 aliphatic rings. The van der Waals surface area contributed by atoms with Crippen LogP contribution in [0.4, 0.5) is 0 Å². The summed E-state index contributed by atoms with van der Waals surface area (Å²) in [5.41, 5.74) is 2.59. The van der Waals surface area contributed by atoms with Crippen molar-refractivity contribution in [3.8, 4) is 11.8 Å². The van der Waals surface area contributed by atoms with Gasteiger partial charge >= 0.3 is 0 Å². The Bertz CT molecular complexity index is 915. The molecule has 2 aromatic rings. The van der Waals surface area contributed by atoms with Crippen molar-refractivity contribution < 1.29 is 19.3 Å². The molecule has 2 aromatic carbocycles. The first-order chi connectivity index (χ1) is 14.5. The van der Waals surface area contributed by atoms with E-state index >= 15 is 0 Å². The summed E-state index contributed by atoms with van der Waals surface area (Å²) in [6.45, 7) is -0.227. The molecule has 7 nitrogen and oxygen atoms in total. The van der Waals surface area contributed by atoms with Gasteiger partial charge in [-0.05, 0) is 41.8 Å². The number of methoxy groups -OCH3 is 1. The Balaban J connectivity index is 1.86. The summed E-state index contributed by atoms with van der Waals surface area (Å²) in [6.07, 6.45) is 0.631. The van der Waals surface area contributed by atoms with E-state index in [1.807, 2.05) is 24.3 Å². The number of nitriles is 1. The van der Waals surface area contributed by atoms with Crippen LogP contribution in [-0.2, 0) is 21.7 Å². The van der Waals surface area contributed by atoms with Crippen LogP contribution in [0.15, 0.2) is 47.6 Å². The summed E-state index contributed by atoms with van der Waals surface area (Å²) in [6, 6.07) is 14.3. The first kappa shape index (κ1) is 22.2. The van der Waals surface area contributed by atoms with Gasteiger partial charge in [-0.25, -0.2) is 0 Å². The van der Waals surface area contributed by atoms with Crippen LogP contribution in [0.3, 0.4) is 0 Å². The second-order valence-corrected chi connectivity index (χ2v) is 7.56. The minimum Gasteiger partial charge on any atom is -0.479 e. The van der Waals surface area contributed by atoms with Crippen molar-refractivity contribution in [3.05, 3.63) is 69.1 Å². The molecule has 1 N–H and O–H groups in total. The van der Waals surface area contributed by atoms with E-state index in [0.717, 1.165) is 11.1 Å². The molecule has 8 heteroatoms. The molecule has 1 aliphatic heterocycles. The monoisotopic (exact) mass is 430 g/mol. The van der Waals surface area contributed by atoms with Crippen molar-refractivity contribution in [2.75, 3.05) is 20.3 Å². The second-order valence-electron chi connectivity index (χ2n) is 7.15. The summed E-state index contributed by atoms with van der Waals surface area (Å²) >= 11 is 6.43. The number of rotatable bonds is 8. The predicted molar refractivity (Wildman–Crippen MR) is 111 cm³/mol. The number of aliphatic hydroxyl groups excluding tert-OH is 1. The molecule has 3 atom stereocenters. The van der Waals surface area contributed by atoms with Gasteiger partial charge in [0.1, 0.15) is 11.8 Å². The fraction of sp³-hybridized carbons (Fsp3) is 0.409. The molecule has 0 radical (unpaired) electrons. The van der Waals surface area contributed by atoms with E-state index in [-0.39, 0.29) is 19.6 Å². The Morgan fingerprint density at radius 2 is 2.10 bits per heavy atom. The van der Waals surface area contributed by atoms with Crippen LogP contribution in [0.2, 0.25) is 5.02 Å². The predicted octanol–water partition coefficient (Wildman–Crippen LogP) is 3.94. The van der Waals surface area contributed by atoms with Crippen molar-refractivity contribution in [2.45, 2.75) is 37.2 Å². The lowest BCUT2D eigenvalue weighted by Gasteiger charge is -2.41. The number of benzene rings is 2. The molecule has 0 saturated carbocycles. The van der Waals surface area contributed by atoms with Gasteiger partial charge in [-0.1, -0.05) is 35.0 Å². The molecule has 1 fully saturated rings. The largest absolute Gasteiger partial charge is 0.479 e. The van der Waals surface area contributed by atoms with Crippen LogP contribution in [0.5, 0.6) is 5.75 Å². The maximum Gasteiger partial charge on any atom is 0.197 e. The zero-order valence-electron chi connectivity index (χ0n) is 16.6. The standard InChI is InChI=1S/C22H23ClN2O5/c1-28-22(13-18(25-27)12-20(14-26)30-22)17-4-7-21(23)16(11-17)10-15-2-5-19(6-3-15)29-9-8-24/h2-7,11,18,20,26H,9-10,12-14H2,1H3/t18-,20-,22+/m0/s1. The Morgan fingerprint density at radius 1 is 1.33 bits per heavy atom. The number of hydrogen-bond donors (Lipinski definition) is 1. The van der Waals surface area contributed by atoms with Crippen molar-refractivity contribution in [1.29, 1.82) is 5.26 Å². The average molecular weight is 431 g/mol. The molecule has 0 unspecified atom stereocenters. The smallest absolute Gasteiger partial charge is 0.197 e. The van der Waals surface area contributed by atoms with Crippen molar-refractivity contribution in [3.63, 3.8) is 0 Å². The Morgan fingerprint density at radius 3 is 2.73 bits per heavy atom. The van der Waals surface area contributed by atoms with Gasteiger partial charge in [-0.15, -0.1) is 0 Å². The van der Waals surface area contributed by atoms with Crippen molar-refractivity contribution in [2.24, 2.45) is 5.18 Å². The van der Waals surface area contributed by atoms with Crippen LogP contribution in [0.25, 0.3) is 0 Å². The Labute approximate surface area is 180 Å². The zero-order valence-corrected chi connectivity index (χ0v) is 17.3. The van der Waals surface area contributed by atoms with E-state index in [0.29, 0.717) is 29.2 Å². The number of nitrogens with zero attached hydrogens (tertiary/aromatic N) is 2. The zero-order chi connectivity index (χ0) is 21.6. The van der Waals surface area contributed by atoms with Gasteiger partial charge in [0.2, 0.25) is 0 Å². The topological polar surface area (TPSA) is 101 Å². The lowest BCUT2D eigenvalue weighted by molar-refractivity contribution is -0.285. The minimum absolute atomic E-state index is 0.00219. The fourth-order valence-electron chi connectivity index (χ4n) is 3.68. The van der Waals surface area contributed by atoms with Gasteiger partial charge in [0.05, 0.1) is 18.8 Å². The van der Waals surface area contributed by atoms with Gasteiger partial charge in [0, 0.05) is 30.5 Å². The van der Waals surface area contributed by atoms with E-state index in [2.05, 4.69) is 5.18 Å². The number of hydrogen-bond acceptors (Lipinski definition) is 7. The third kappa shape index (κ3) is 4.97. The first-order valence-electron chi connectivity index (χ1n) is 9.57. The SMILES string of the molecule is CO[C@]1(c2ccc(Cl)c(Cc3ccc(OCC#N)cc3)c2)C[C@@H](N=O)C[C@@H](CO)O1. The fourth-order valence-corrected chi connectivity index (χ4v) is 3.86. The number of nitroso groups, excluding NO2 is 1. The lowest BCUT2D eigenvalue weighted by Crippen LogP contribution is -2.46. The molecular weight excluding hydrogens is 408 g/mol. The molecule has 0 aliphatic carbocycles. The highest BCUT2D eigenvalue weighted by Gasteiger charge is 2.44. The highest BCUT2D eigenvalue weighted by Crippen LogP contribution is 2.40. The van der Waals surface area contributed by atoms with Crippen molar-refractivity contribution >= 4 is 11.6 Å². The number of aliphatic hydroxyl groups is 1. The van der Waals surface area contributed by atoms with Gasteiger partial charge in [-0.3, -0.25) is 0 Å². The highest BCUT2D eigenvalue weighted by molar-refractivity contribution is 6.31. The summed E-state index contributed by atoms with van der Waals surface area (Å²) in [5, 5.41) is 21.9. The van der Waals surface area contributed by atoms with Crippen LogP contribution in [-0.4, -0.2) is 37.6 Å². The van der Waals surface area contributed by atoms with Crippen LogP contribution < -0.4 is 4.74 Å². The highest BCUT2D eigenvalue weighted by atomic mass is 35.5. The summed E-state index contributed by atoms with van der Waals surface area (Å²) in [5.74, 6) is -0.560. The van der Waals surface area contributed by atoms with Gasteiger partial charge in [-0.2, -0.15) is 10.2 Å². The number of ether oxygens (including phenoxy) is 3. The van der Waals surface area contributed by atoms with Gasteiger partial charge in [0.25, 0.3) is 0 Å². The first-order valence-corrected chi connectivity index (χ1v) is 9.95. The van der Waals surface area contributed by atoms with E-state index in [9.17, 15) is 10.0 Å². The van der Waals surface area contributed by atoms with Crippen LogP contribution >= 0.6 is 11.6 Å². The molecule has 3 rings (SSSR count). The minimum atomic E-state index is -1.18. The average Bonchev–Trinajstić information content (AvgIpc) is 2.79. The van der Waals surface area contributed by atoms with E-state index < -0.39 is 17.9 Å². The second kappa shape index (κ2) is 10.0. The molecule has 0 spiro atoms. The molecule has 1 heterocycles. The molecular formula is C22H23ClN2O5. The van der Waals surface area contributed by atoms with E-state index in [1.165, 1.54) is 7.11 Å². The maximum atomic E-state index is 11.2. The van der Waals surface area contributed by atoms with Crippen LogP contribution in [0, 0.1) is 16.2 Å². The lowest BCUT2D eigenvalue weighted by atomic mass is 9.90. The third-order valence-corrected chi connectivity index (χ3v) is 5.55.